The van der Waals surface area contributed by atoms with E-state index in [1.165, 1.54) is 69.1 Å². The van der Waals surface area contributed by atoms with Gasteiger partial charge < -0.3 is 4.48 Å². The fourth-order valence-corrected chi connectivity index (χ4v) is 2.82. The molecule has 0 amide bonds. The van der Waals surface area contributed by atoms with Crippen LogP contribution in [0.4, 0.5) is 0 Å². The summed E-state index contributed by atoms with van der Waals surface area (Å²) >= 11 is 4.24. The topological polar surface area (TPSA) is 26.0 Å². The van der Waals surface area contributed by atoms with E-state index >= 15 is 0 Å². The Labute approximate surface area is 100 Å². The van der Waals surface area contributed by atoms with E-state index < -0.39 is 0 Å². The lowest BCUT2D eigenvalue weighted by atomic mass is 10.1. The van der Waals surface area contributed by atoms with Crippen LogP contribution in [0.15, 0.2) is 0 Å². The van der Waals surface area contributed by atoms with Crippen molar-refractivity contribution >= 4 is 12.6 Å². The van der Waals surface area contributed by atoms with Crippen molar-refractivity contribution in [3.05, 3.63) is 0 Å². The van der Waals surface area contributed by atoms with Gasteiger partial charge in [0.15, 0.2) is 0 Å². The van der Waals surface area contributed by atoms with Gasteiger partial charge in [-0.3, -0.25) is 5.73 Å². The largest absolute Gasteiger partial charge is 0.311 e. The van der Waals surface area contributed by atoms with E-state index in [0.29, 0.717) is 0 Å². The van der Waals surface area contributed by atoms with Gasteiger partial charge in [0.2, 0.25) is 0 Å². The van der Waals surface area contributed by atoms with Gasteiger partial charge in [-0.2, -0.15) is 12.6 Å². The summed E-state index contributed by atoms with van der Waals surface area (Å²) < 4.78 is 1.20. The lowest BCUT2D eigenvalue weighted by Gasteiger charge is -2.40. The summed E-state index contributed by atoms with van der Waals surface area (Å²) in [5, 5.41) is 0. The molecule has 0 aromatic rings. The van der Waals surface area contributed by atoms with Gasteiger partial charge in [-0.25, -0.2) is 0 Å². The molecule has 2 N–H and O–H groups in total. The second-order valence-electron chi connectivity index (χ2n) is 4.89. The SMILES string of the molecule is NC[N+]1(CCCCCCS)CCCCC1. The maximum absolute atomic E-state index is 5.94. The molecule has 3 heteroatoms. The first-order valence-corrected chi connectivity index (χ1v) is 7.12. The van der Waals surface area contributed by atoms with Gasteiger partial charge in [0.25, 0.3) is 0 Å². The third-order valence-electron chi connectivity index (χ3n) is 3.69. The van der Waals surface area contributed by atoms with E-state index in [-0.39, 0.29) is 0 Å². The molecule has 15 heavy (non-hydrogen) atoms. The van der Waals surface area contributed by atoms with Gasteiger partial charge in [-0.05, 0) is 44.3 Å². The van der Waals surface area contributed by atoms with E-state index in [0.717, 1.165) is 12.4 Å². The van der Waals surface area contributed by atoms with Gasteiger partial charge in [-0.15, -0.1) is 0 Å². The normalized spacial score (nSPS) is 20.4. The van der Waals surface area contributed by atoms with Crippen LogP contribution in [0.5, 0.6) is 0 Å². The Morgan fingerprint density at radius 2 is 1.60 bits per heavy atom. The molecule has 0 aromatic heterocycles. The zero-order valence-electron chi connectivity index (χ0n) is 9.96. The molecule has 0 aromatic carbocycles. The van der Waals surface area contributed by atoms with Crippen molar-refractivity contribution in [1.82, 2.24) is 0 Å². The number of piperidine rings is 1. The molecule has 1 fully saturated rings. The van der Waals surface area contributed by atoms with Crippen LogP contribution in [0.1, 0.15) is 44.9 Å². The van der Waals surface area contributed by atoms with Gasteiger partial charge in [0.05, 0.1) is 19.6 Å². The van der Waals surface area contributed by atoms with Crippen molar-refractivity contribution in [2.75, 3.05) is 32.1 Å². The van der Waals surface area contributed by atoms with Crippen LogP contribution in [0.3, 0.4) is 0 Å². The quantitative estimate of drug-likeness (QED) is 0.393. The molecule has 0 bridgehead atoms. The van der Waals surface area contributed by atoms with Crippen molar-refractivity contribution in [3.63, 3.8) is 0 Å². The summed E-state index contributed by atoms with van der Waals surface area (Å²) in [6.07, 6.45) is 9.51. The molecule has 0 aliphatic carbocycles. The zero-order chi connectivity index (χ0) is 11.0. The Kier molecular flexibility index (Phi) is 6.69. The smallest absolute Gasteiger partial charge is 0.130 e. The Hall–Kier alpha value is 0.270. The number of likely N-dealkylation sites (tertiary alicyclic amines) is 1. The molecule has 0 spiro atoms. The third-order valence-corrected chi connectivity index (χ3v) is 4.01. The molecular weight excluding hydrogens is 204 g/mol. The molecule has 0 saturated carbocycles. The predicted octanol–water partition coefficient (Wildman–Crippen LogP) is 2.39. The van der Waals surface area contributed by atoms with E-state index in [9.17, 15) is 0 Å². The van der Waals surface area contributed by atoms with Crippen LogP contribution in [0.2, 0.25) is 0 Å². The number of thiol groups is 1. The highest BCUT2D eigenvalue weighted by Crippen LogP contribution is 2.19. The molecule has 0 unspecified atom stereocenters. The van der Waals surface area contributed by atoms with Crippen LogP contribution in [0, 0.1) is 0 Å². The molecule has 2 nitrogen and oxygen atoms in total. The first kappa shape index (κ1) is 13.3. The Balaban J connectivity index is 2.15. The lowest BCUT2D eigenvalue weighted by molar-refractivity contribution is -0.932. The first-order chi connectivity index (χ1) is 7.33. The summed E-state index contributed by atoms with van der Waals surface area (Å²) in [6, 6.07) is 0. The van der Waals surface area contributed by atoms with E-state index in [1.54, 1.807) is 0 Å². The number of rotatable bonds is 7. The number of quaternary nitrogens is 1. The second-order valence-corrected chi connectivity index (χ2v) is 5.34. The fourth-order valence-electron chi connectivity index (χ4n) is 2.59. The summed E-state index contributed by atoms with van der Waals surface area (Å²) in [4.78, 5) is 0. The number of unbranched alkanes of at least 4 members (excludes halogenated alkanes) is 3. The minimum Gasteiger partial charge on any atom is -0.311 e. The minimum absolute atomic E-state index is 0.854. The molecule has 0 radical (unpaired) electrons. The number of hydrogen-bond donors (Lipinski definition) is 2. The highest BCUT2D eigenvalue weighted by Gasteiger charge is 2.27. The Morgan fingerprint density at radius 1 is 0.933 bits per heavy atom. The van der Waals surface area contributed by atoms with E-state index in [4.69, 9.17) is 5.73 Å². The summed E-state index contributed by atoms with van der Waals surface area (Å²) in [7, 11) is 0. The Morgan fingerprint density at radius 3 is 2.20 bits per heavy atom. The monoisotopic (exact) mass is 231 g/mol. The molecule has 1 aliphatic rings. The lowest BCUT2D eigenvalue weighted by Crippen LogP contribution is -2.55. The molecule has 1 saturated heterocycles. The van der Waals surface area contributed by atoms with Crippen molar-refractivity contribution in [3.8, 4) is 0 Å². The first-order valence-electron chi connectivity index (χ1n) is 6.49. The Bertz CT molecular complexity index is 156. The van der Waals surface area contributed by atoms with Crippen molar-refractivity contribution < 1.29 is 4.48 Å². The van der Waals surface area contributed by atoms with Gasteiger partial charge in [0, 0.05) is 0 Å². The molecule has 1 aliphatic heterocycles. The summed E-state index contributed by atoms with van der Waals surface area (Å²) in [5.74, 6) is 1.04. The maximum atomic E-state index is 5.94. The zero-order valence-corrected chi connectivity index (χ0v) is 10.9. The molecule has 1 rings (SSSR count). The van der Waals surface area contributed by atoms with Gasteiger partial charge >= 0.3 is 0 Å². The number of hydrogen-bond acceptors (Lipinski definition) is 2. The third kappa shape index (κ3) is 4.75. The second kappa shape index (κ2) is 7.53. The maximum Gasteiger partial charge on any atom is 0.130 e. The summed E-state index contributed by atoms with van der Waals surface area (Å²) in [5.41, 5.74) is 5.94. The standard InChI is InChI=1S/C12H26N2S/c13-12-14(9-5-3-6-10-14)8-4-1-2-7-11-15/h1-13H2/p+1. The molecular formula is C12H27N2S+. The highest BCUT2D eigenvalue weighted by molar-refractivity contribution is 7.80. The molecule has 90 valence electrons. The van der Waals surface area contributed by atoms with Crippen LogP contribution in [-0.2, 0) is 0 Å². The van der Waals surface area contributed by atoms with Crippen molar-refractivity contribution in [1.29, 1.82) is 0 Å². The van der Waals surface area contributed by atoms with Crippen LogP contribution in [0.25, 0.3) is 0 Å². The van der Waals surface area contributed by atoms with Gasteiger partial charge in [-0.1, -0.05) is 6.42 Å². The molecule has 1 heterocycles. The average Bonchev–Trinajstić information content (AvgIpc) is 2.30. The fraction of sp³-hybridized carbons (Fsp3) is 1.00. The predicted molar refractivity (Wildman–Crippen MR) is 70.1 cm³/mol. The van der Waals surface area contributed by atoms with Crippen molar-refractivity contribution in [2.24, 2.45) is 5.73 Å². The minimum atomic E-state index is 0.854. The number of nitrogens with zero attached hydrogens (tertiary/aromatic N) is 1. The highest BCUT2D eigenvalue weighted by atomic mass is 32.1. The van der Waals surface area contributed by atoms with Crippen LogP contribution >= 0.6 is 12.6 Å². The average molecular weight is 231 g/mol. The van der Waals surface area contributed by atoms with Gasteiger partial charge in [0.1, 0.15) is 6.67 Å². The summed E-state index contributed by atoms with van der Waals surface area (Å²) in [6.45, 7) is 4.81. The van der Waals surface area contributed by atoms with E-state index in [1.807, 2.05) is 0 Å². The van der Waals surface area contributed by atoms with Crippen LogP contribution < -0.4 is 5.73 Å². The van der Waals surface area contributed by atoms with Crippen LogP contribution in [-0.4, -0.2) is 36.5 Å². The van der Waals surface area contributed by atoms with E-state index in [2.05, 4.69) is 12.6 Å². The number of nitrogens with two attached hydrogens (primary N) is 1. The molecule has 0 atom stereocenters. The van der Waals surface area contributed by atoms with Crippen molar-refractivity contribution in [2.45, 2.75) is 44.9 Å².